The topological polar surface area (TPSA) is 34.1 Å². The van der Waals surface area contributed by atoms with Crippen molar-refractivity contribution in [1.29, 1.82) is 0 Å². The third kappa shape index (κ3) is 2.60. The van der Waals surface area contributed by atoms with E-state index >= 15 is 0 Å². The molecule has 0 amide bonds. The summed E-state index contributed by atoms with van der Waals surface area (Å²) < 4.78 is 0. The molecule has 2 heteroatoms. The quantitative estimate of drug-likeness (QED) is 0.625. The predicted molar refractivity (Wildman–Crippen MR) is 94.6 cm³/mol. The molecule has 1 saturated carbocycles. The van der Waals surface area contributed by atoms with Gasteiger partial charge < -0.3 is 0 Å². The van der Waals surface area contributed by atoms with Crippen LogP contribution in [0.5, 0.6) is 0 Å². The van der Waals surface area contributed by atoms with Crippen LogP contribution in [0, 0.1) is 5.92 Å². The summed E-state index contributed by atoms with van der Waals surface area (Å²) in [7, 11) is 0. The van der Waals surface area contributed by atoms with E-state index in [-0.39, 0.29) is 11.6 Å². The molecule has 0 bridgehead atoms. The molecule has 2 aliphatic carbocycles. The Bertz CT molecular complexity index is 795. The number of hydrogen-bond acceptors (Lipinski definition) is 2. The van der Waals surface area contributed by atoms with Gasteiger partial charge in [0, 0.05) is 22.3 Å². The standard InChI is InChI=1S/C22H22O2/c23-21-17-11-5-6-12-18(17)22(24)20-16(10-7-13-19(20)21)14-15-8-3-1-2-4-9-15/h5-7,10-13,15H,1-4,8-9,14H2. The summed E-state index contributed by atoms with van der Waals surface area (Å²) in [5.41, 5.74) is 3.41. The zero-order valence-electron chi connectivity index (χ0n) is 13.9. The number of benzene rings is 2. The van der Waals surface area contributed by atoms with Crippen LogP contribution in [-0.2, 0) is 6.42 Å². The molecule has 1 fully saturated rings. The maximum absolute atomic E-state index is 13.0. The molecule has 0 radical (unpaired) electrons. The molecule has 0 atom stereocenters. The van der Waals surface area contributed by atoms with Gasteiger partial charge in [-0.1, -0.05) is 81.0 Å². The van der Waals surface area contributed by atoms with E-state index in [4.69, 9.17) is 0 Å². The van der Waals surface area contributed by atoms with E-state index in [0.717, 1.165) is 12.0 Å². The Labute approximate surface area is 142 Å². The van der Waals surface area contributed by atoms with Crippen LogP contribution in [0.1, 0.15) is 75.9 Å². The van der Waals surface area contributed by atoms with E-state index in [2.05, 4.69) is 0 Å². The van der Waals surface area contributed by atoms with Crippen LogP contribution in [0.15, 0.2) is 42.5 Å². The van der Waals surface area contributed by atoms with Crippen molar-refractivity contribution >= 4 is 11.6 Å². The third-order valence-corrected chi connectivity index (χ3v) is 5.52. The summed E-state index contributed by atoms with van der Waals surface area (Å²) in [6, 6.07) is 13.0. The van der Waals surface area contributed by atoms with Gasteiger partial charge in [0.05, 0.1) is 0 Å². The molecule has 0 heterocycles. The van der Waals surface area contributed by atoms with Crippen LogP contribution >= 0.6 is 0 Å². The van der Waals surface area contributed by atoms with Gasteiger partial charge in [-0.15, -0.1) is 0 Å². The highest BCUT2D eigenvalue weighted by Gasteiger charge is 2.31. The molecular weight excluding hydrogens is 296 g/mol. The van der Waals surface area contributed by atoms with Gasteiger partial charge in [0.15, 0.2) is 11.6 Å². The fraction of sp³-hybridized carbons (Fsp3) is 0.364. The van der Waals surface area contributed by atoms with Gasteiger partial charge >= 0.3 is 0 Å². The first-order chi connectivity index (χ1) is 11.8. The van der Waals surface area contributed by atoms with Crippen molar-refractivity contribution in [2.24, 2.45) is 5.92 Å². The van der Waals surface area contributed by atoms with Gasteiger partial charge in [0.25, 0.3) is 0 Å². The Hall–Kier alpha value is -2.22. The first-order valence-electron chi connectivity index (χ1n) is 9.06. The average molecular weight is 318 g/mol. The molecule has 0 unspecified atom stereocenters. The fourth-order valence-corrected chi connectivity index (χ4v) is 4.27. The number of ketones is 2. The highest BCUT2D eigenvalue weighted by atomic mass is 16.1. The van der Waals surface area contributed by atoms with Crippen LogP contribution < -0.4 is 0 Å². The Kier molecular flexibility index (Phi) is 4.05. The lowest BCUT2D eigenvalue weighted by atomic mass is 9.79. The van der Waals surface area contributed by atoms with Crippen molar-refractivity contribution in [1.82, 2.24) is 0 Å². The molecule has 2 aliphatic rings. The minimum absolute atomic E-state index is 0.0112. The van der Waals surface area contributed by atoms with Crippen LogP contribution in [-0.4, -0.2) is 11.6 Å². The summed E-state index contributed by atoms with van der Waals surface area (Å²) in [5.74, 6) is 0.645. The normalized spacial score (nSPS) is 18.0. The average Bonchev–Trinajstić information content (AvgIpc) is 2.88. The smallest absolute Gasteiger partial charge is 0.194 e. The number of carbonyl (C=O) groups is 2. The van der Waals surface area contributed by atoms with Crippen LogP contribution in [0.4, 0.5) is 0 Å². The summed E-state index contributed by atoms with van der Waals surface area (Å²) >= 11 is 0. The van der Waals surface area contributed by atoms with Crippen LogP contribution in [0.3, 0.4) is 0 Å². The maximum Gasteiger partial charge on any atom is 0.194 e. The van der Waals surface area contributed by atoms with Crippen molar-refractivity contribution < 1.29 is 9.59 Å². The van der Waals surface area contributed by atoms with Crippen LogP contribution in [0.2, 0.25) is 0 Å². The van der Waals surface area contributed by atoms with Crippen molar-refractivity contribution in [3.05, 3.63) is 70.3 Å². The molecule has 2 aromatic rings. The van der Waals surface area contributed by atoms with E-state index in [1.165, 1.54) is 38.5 Å². The second kappa shape index (κ2) is 6.35. The molecule has 0 N–H and O–H groups in total. The minimum atomic E-state index is -0.0112. The summed E-state index contributed by atoms with van der Waals surface area (Å²) in [5, 5.41) is 0. The second-order valence-electron chi connectivity index (χ2n) is 7.11. The van der Waals surface area contributed by atoms with E-state index < -0.39 is 0 Å². The number of hydrogen-bond donors (Lipinski definition) is 0. The first-order valence-corrected chi connectivity index (χ1v) is 9.06. The molecule has 0 aromatic heterocycles. The molecule has 0 spiro atoms. The highest BCUT2D eigenvalue weighted by molar-refractivity contribution is 6.28. The summed E-state index contributed by atoms with van der Waals surface area (Å²) in [4.78, 5) is 25.8. The van der Waals surface area contributed by atoms with E-state index in [0.29, 0.717) is 28.2 Å². The number of fused-ring (bicyclic) bond motifs is 2. The van der Waals surface area contributed by atoms with Gasteiger partial charge in [0.1, 0.15) is 0 Å². The van der Waals surface area contributed by atoms with Gasteiger partial charge in [-0.05, 0) is 17.9 Å². The largest absolute Gasteiger partial charge is 0.289 e. The lowest BCUT2D eigenvalue weighted by Gasteiger charge is -2.22. The van der Waals surface area contributed by atoms with Gasteiger partial charge in [-0.3, -0.25) is 9.59 Å². The lowest BCUT2D eigenvalue weighted by Crippen LogP contribution is -2.23. The van der Waals surface area contributed by atoms with Crippen molar-refractivity contribution in [2.45, 2.75) is 44.9 Å². The zero-order valence-corrected chi connectivity index (χ0v) is 13.9. The van der Waals surface area contributed by atoms with Crippen molar-refractivity contribution in [2.75, 3.05) is 0 Å². The van der Waals surface area contributed by atoms with E-state index in [9.17, 15) is 9.59 Å². The van der Waals surface area contributed by atoms with Gasteiger partial charge in [-0.2, -0.15) is 0 Å². The molecule has 0 aliphatic heterocycles. The van der Waals surface area contributed by atoms with Crippen LogP contribution in [0.25, 0.3) is 0 Å². The number of carbonyl (C=O) groups excluding carboxylic acids is 2. The fourth-order valence-electron chi connectivity index (χ4n) is 4.27. The van der Waals surface area contributed by atoms with Crippen molar-refractivity contribution in [3.63, 3.8) is 0 Å². The highest BCUT2D eigenvalue weighted by Crippen LogP contribution is 2.33. The Balaban J connectivity index is 1.74. The molecular formula is C22H22O2. The third-order valence-electron chi connectivity index (χ3n) is 5.52. The Morgan fingerprint density at radius 3 is 2.04 bits per heavy atom. The second-order valence-corrected chi connectivity index (χ2v) is 7.11. The zero-order chi connectivity index (χ0) is 16.5. The summed E-state index contributed by atoms with van der Waals surface area (Å²) in [6.07, 6.45) is 8.63. The maximum atomic E-state index is 13.0. The lowest BCUT2D eigenvalue weighted by molar-refractivity contribution is 0.0978. The minimum Gasteiger partial charge on any atom is -0.289 e. The van der Waals surface area contributed by atoms with Crippen molar-refractivity contribution in [3.8, 4) is 0 Å². The van der Waals surface area contributed by atoms with E-state index in [1.807, 2.05) is 30.3 Å². The molecule has 2 nitrogen and oxygen atoms in total. The predicted octanol–water partition coefficient (Wildman–Crippen LogP) is 4.97. The molecule has 122 valence electrons. The molecule has 2 aromatic carbocycles. The molecule has 4 rings (SSSR count). The summed E-state index contributed by atoms with van der Waals surface area (Å²) in [6.45, 7) is 0. The SMILES string of the molecule is O=C1c2ccccc2C(=O)c2c(CC3CCCCCC3)cccc21. The van der Waals surface area contributed by atoms with E-state index in [1.54, 1.807) is 12.1 Å². The van der Waals surface area contributed by atoms with Gasteiger partial charge in [-0.25, -0.2) is 0 Å². The monoisotopic (exact) mass is 318 g/mol. The Morgan fingerprint density at radius 1 is 0.708 bits per heavy atom. The Morgan fingerprint density at radius 2 is 1.33 bits per heavy atom. The molecule has 24 heavy (non-hydrogen) atoms. The number of rotatable bonds is 2. The molecule has 0 saturated heterocycles. The first kappa shape index (κ1) is 15.3. The van der Waals surface area contributed by atoms with Gasteiger partial charge in [0.2, 0.25) is 0 Å².